The number of likely N-dealkylation sites (tertiary alicyclic amines) is 1. The molecule has 1 fully saturated rings. The standard InChI is InChI=1S/C23H25FN4O2/c1-15-18(23(29)28-10-3-2-4-21(28)25-15)9-13-27-11-7-16(8-12-27)22-19-6-5-17(24)14-20(19)30-26-22/h2,4-6,14,16H,3,7-13H2,1H3. The fraction of sp³-hybridized carbons (Fsp3) is 0.435. The second-order valence-corrected chi connectivity index (χ2v) is 8.26. The lowest BCUT2D eigenvalue weighted by atomic mass is 9.91. The fourth-order valence-electron chi connectivity index (χ4n) is 4.67. The number of nitrogens with zero attached hydrogens (tertiary/aromatic N) is 4. The molecule has 2 aromatic heterocycles. The molecule has 4 heterocycles. The first-order valence-corrected chi connectivity index (χ1v) is 10.6. The zero-order valence-corrected chi connectivity index (χ0v) is 17.1. The van der Waals surface area contributed by atoms with Crippen molar-refractivity contribution in [1.82, 2.24) is 19.6 Å². The van der Waals surface area contributed by atoms with Crippen molar-refractivity contribution in [2.75, 3.05) is 19.6 Å². The van der Waals surface area contributed by atoms with Gasteiger partial charge in [-0.2, -0.15) is 0 Å². The van der Waals surface area contributed by atoms with E-state index in [1.807, 2.05) is 13.0 Å². The molecule has 1 aromatic carbocycles. The Labute approximate surface area is 174 Å². The first-order valence-electron chi connectivity index (χ1n) is 10.6. The molecule has 0 N–H and O–H groups in total. The van der Waals surface area contributed by atoms with Crippen molar-refractivity contribution >= 4 is 17.0 Å². The molecule has 0 bridgehead atoms. The number of aryl methyl sites for hydroxylation is 1. The summed E-state index contributed by atoms with van der Waals surface area (Å²) in [7, 11) is 0. The first kappa shape index (κ1) is 19.2. The van der Waals surface area contributed by atoms with Crippen molar-refractivity contribution in [3.05, 3.63) is 63.2 Å². The number of hydrogen-bond donors (Lipinski definition) is 0. The molecule has 2 aliphatic rings. The van der Waals surface area contributed by atoms with Crippen LogP contribution in [-0.4, -0.2) is 39.2 Å². The Morgan fingerprint density at radius 2 is 2.07 bits per heavy atom. The van der Waals surface area contributed by atoms with E-state index in [0.717, 1.165) is 73.5 Å². The summed E-state index contributed by atoms with van der Waals surface area (Å²) in [6.07, 6.45) is 7.56. The topological polar surface area (TPSA) is 64.2 Å². The number of hydrogen-bond acceptors (Lipinski definition) is 5. The van der Waals surface area contributed by atoms with Crippen molar-refractivity contribution in [2.24, 2.45) is 0 Å². The maximum atomic E-state index is 13.4. The second-order valence-electron chi connectivity index (χ2n) is 8.26. The predicted octanol–water partition coefficient (Wildman–Crippen LogP) is 3.67. The molecule has 6 nitrogen and oxygen atoms in total. The lowest BCUT2D eigenvalue weighted by molar-refractivity contribution is 0.211. The zero-order chi connectivity index (χ0) is 20.7. The van der Waals surface area contributed by atoms with E-state index in [-0.39, 0.29) is 11.4 Å². The van der Waals surface area contributed by atoms with Crippen LogP contribution in [0.2, 0.25) is 0 Å². The molecular formula is C23H25FN4O2. The van der Waals surface area contributed by atoms with E-state index in [1.54, 1.807) is 10.6 Å². The van der Waals surface area contributed by atoms with Gasteiger partial charge in [0.1, 0.15) is 11.6 Å². The third-order valence-corrected chi connectivity index (χ3v) is 6.40. The van der Waals surface area contributed by atoms with Crippen molar-refractivity contribution in [3.8, 4) is 0 Å². The molecule has 7 heteroatoms. The Bertz CT molecular complexity index is 1170. The van der Waals surface area contributed by atoms with Crippen LogP contribution in [0.5, 0.6) is 0 Å². The van der Waals surface area contributed by atoms with Gasteiger partial charge in [0.25, 0.3) is 5.56 Å². The highest BCUT2D eigenvalue weighted by atomic mass is 19.1. The van der Waals surface area contributed by atoms with Crippen LogP contribution in [0.4, 0.5) is 4.39 Å². The summed E-state index contributed by atoms with van der Waals surface area (Å²) in [6.45, 7) is 5.39. The number of benzene rings is 1. The van der Waals surface area contributed by atoms with Crippen LogP contribution in [0.25, 0.3) is 17.0 Å². The quantitative estimate of drug-likeness (QED) is 0.659. The van der Waals surface area contributed by atoms with Crippen molar-refractivity contribution < 1.29 is 8.91 Å². The lowest BCUT2D eigenvalue weighted by Crippen LogP contribution is -2.36. The summed E-state index contributed by atoms with van der Waals surface area (Å²) < 4.78 is 20.5. The SMILES string of the molecule is Cc1nc2n(c(=O)c1CCN1CCC(c3noc4cc(F)ccc34)CC1)CCC=C2. The molecule has 0 aliphatic carbocycles. The van der Waals surface area contributed by atoms with Crippen LogP contribution in [0.15, 0.2) is 33.6 Å². The molecule has 0 amide bonds. The lowest BCUT2D eigenvalue weighted by Gasteiger charge is -2.31. The average Bonchev–Trinajstić information content (AvgIpc) is 3.17. The summed E-state index contributed by atoms with van der Waals surface area (Å²) in [4.78, 5) is 19.9. The van der Waals surface area contributed by atoms with E-state index >= 15 is 0 Å². The Morgan fingerprint density at radius 1 is 1.23 bits per heavy atom. The Kier molecular flexibility index (Phi) is 4.98. The van der Waals surface area contributed by atoms with Crippen LogP contribution < -0.4 is 5.56 Å². The summed E-state index contributed by atoms with van der Waals surface area (Å²) >= 11 is 0. The van der Waals surface area contributed by atoms with Crippen LogP contribution in [-0.2, 0) is 13.0 Å². The number of piperidine rings is 1. The minimum absolute atomic E-state index is 0.109. The van der Waals surface area contributed by atoms with E-state index in [9.17, 15) is 9.18 Å². The molecule has 0 saturated carbocycles. The van der Waals surface area contributed by atoms with E-state index in [0.29, 0.717) is 18.0 Å². The molecule has 2 aliphatic heterocycles. The molecule has 1 saturated heterocycles. The van der Waals surface area contributed by atoms with E-state index in [2.05, 4.69) is 21.1 Å². The van der Waals surface area contributed by atoms with Gasteiger partial charge in [0.05, 0.1) is 5.69 Å². The van der Waals surface area contributed by atoms with Crippen LogP contribution in [0, 0.1) is 12.7 Å². The van der Waals surface area contributed by atoms with Gasteiger partial charge in [-0.1, -0.05) is 11.2 Å². The van der Waals surface area contributed by atoms with Crippen LogP contribution in [0.3, 0.4) is 0 Å². The average molecular weight is 408 g/mol. The van der Waals surface area contributed by atoms with Crippen LogP contribution in [0.1, 0.15) is 48.0 Å². The Morgan fingerprint density at radius 3 is 2.90 bits per heavy atom. The minimum Gasteiger partial charge on any atom is -0.356 e. The number of rotatable bonds is 4. The third-order valence-electron chi connectivity index (χ3n) is 6.40. The minimum atomic E-state index is -0.307. The predicted molar refractivity (Wildman–Crippen MR) is 113 cm³/mol. The van der Waals surface area contributed by atoms with E-state index in [1.165, 1.54) is 12.1 Å². The maximum absolute atomic E-state index is 13.4. The third kappa shape index (κ3) is 3.47. The van der Waals surface area contributed by atoms with Crippen LogP contribution >= 0.6 is 0 Å². The molecule has 5 rings (SSSR count). The number of halogens is 1. The van der Waals surface area contributed by atoms with Gasteiger partial charge < -0.3 is 9.42 Å². The molecule has 0 unspecified atom stereocenters. The summed E-state index contributed by atoms with van der Waals surface area (Å²) in [5, 5.41) is 5.13. The van der Waals surface area contributed by atoms with Crippen molar-refractivity contribution in [2.45, 2.75) is 45.1 Å². The van der Waals surface area contributed by atoms with Crippen molar-refractivity contribution in [3.63, 3.8) is 0 Å². The molecule has 0 atom stereocenters. The highest BCUT2D eigenvalue weighted by Gasteiger charge is 2.25. The van der Waals surface area contributed by atoms with Gasteiger partial charge >= 0.3 is 0 Å². The van der Waals surface area contributed by atoms with Gasteiger partial charge in [0.2, 0.25) is 0 Å². The summed E-state index contributed by atoms with van der Waals surface area (Å²) in [5.74, 6) is 0.782. The van der Waals surface area contributed by atoms with Gasteiger partial charge in [-0.3, -0.25) is 9.36 Å². The van der Waals surface area contributed by atoms with E-state index in [4.69, 9.17) is 4.52 Å². The molecule has 0 spiro atoms. The largest absolute Gasteiger partial charge is 0.356 e. The van der Waals surface area contributed by atoms with Crippen molar-refractivity contribution in [1.29, 1.82) is 0 Å². The summed E-state index contributed by atoms with van der Waals surface area (Å²) in [6, 6.07) is 4.61. The van der Waals surface area contributed by atoms with Gasteiger partial charge in [-0.05, 0) is 63.9 Å². The zero-order valence-electron chi connectivity index (χ0n) is 17.1. The number of fused-ring (bicyclic) bond motifs is 2. The van der Waals surface area contributed by atoms with Gasteiger partial charge in [0.15, 0.2) is 5.58 Å². The second kappa shape index (κ2) is 7.80. The van der Waals surface area contributed by atoms with Gasteiger partial charge in [-0.25, -0.2) is 9.37 Å². The molecule has 3 aromatic rings. The first-order chi connectivity index (χ1) is 14.6. The normalized spacial score (nSPS) is 17.5. The highest BCUT2D eigenvalue weighted by molar-refractivity contribution is 5.79. The fourth-order valence-corrected chi connectivity index (χ4v) is 4.67. The Hall–Kier alpha value is -2.80. The Balaban J connectivity index is 1.24. The highest BCUT2D eigenvalue weighted by Crippen LogP contribution is 2.32. The molecule has 156 valence electrons. The van der Waals surface area contributed by atoms with Gasteiger partial charge in [0, 0.05) is 41.7 Å². The molecule has 30 heavy (non-hydrogen) atoms. The number of aromatic nitrogens is 3. The monoisotopic (exact) mass is 408 g/mol. The molecule has 0 radical (unpaired) electrons. The molecular weight excluding hydrogens is 383 g/mol. The smallest absolute Gasteiger partial charge is 0.257 e. The maximum Gasteiger partial charge on any atom is 0.257 e. The van der Waals surface area contributed by atoms with Gasteiger partial charge in [-0.15, -0.1) is 0 Å². The summed E-state index contributed by atoms with van der Waals surface area (Å²) in [5.41, 5.74) is 3.23. The number of allylic oxidation sites excluding steroid dienone is 1. The van der Waals surface area contributed by atoms with E-state index < -0.39 is 0 Å².